The van der Waals surface area contributed by atoms with Gasteiger partial charge in [0.2, 0.25) is 0 Å². The summed E-state index contributed by atoms with van der Waals surface area (Å²) in [5.74, 6) is -1.21. The highest BCUT2D eigenvalue weighted by molar-refractivity contribution is 6.18. The van der Waals surface area contributed by atoms with Gasteiger partial charge in [-0.15, -0.1) is 11.6 Å². The quantitative estimate of drug-likeness (QED) is 0.772. The maximum atomic E-state index is 12.9. The molecule has 2 unspecified atom stereocenters. The number of ether oxygens (including phenoxy) is 2. The van der Waals surface area contributed by atoms with Gasteiger partial charge in [-0.1, -0.05) is 18.2 Å². The Morgan fingerprint density at radius 3 is 2.61 bits per heavy atom. The number of halogens is 4. The van der Waals surface area contributed by atoms with E-state index in [4.69, 9.17) is 21.1 Å². The van der Waals surface area contributed by atoms with Crippen LogP contribution in [0.4, 0.5) is 13.2 Å². The number of benzene rings is 1. The average molecular weight is 281 g/mol. The van der Waals surface area contributed by atoms with Crippen molar-refractivity contribution in [2.24, 2.45) is 0 Å². The minimum atomic E-state index is -4.44. The van der Waals surface area contributed by atoms with E-state index >= 15 is 0 Å². The Balaban J connectivity index is 2.40. The Morgan fingerprint density at radius 1 is 1.39 bits per heavy atom. The Labute approximate surface area is 108 Å². The summed E-state index contributed by atoms with van der Waals surface area (Å²) in [4.78, 5) is 0. The topological polar surface area (TPSA) is 18.5 Å². The van der Waals surface area contributed by atoms with Crippen molar-refractivity contribution in [1.29, 1.82) is 0 Å². The van der Waals surface area contributed by atoms with Crippen LogP contribution in [0.1, 0.15) is 18.1 Å². The van der Waals surface area contributed by atoms with E-state index < -0.39 is 23.6 Å². The summed E-state index contributed by atoms with van der Waals surface area (Å²) in [6.45, 7) is 1.66. The minimum Gasteiger partial charge on any atom is -0.343 e. The van der Waals surface area contributed by atoms with Crippen molar-refractivity contribution in [2.45, 2.75) is 25.0 Å². The summed E-state index contributed by atoms with van der Waals surface area (Å²) < 4.78 is 49.6. The molecule has 1 heterocycles. The van der Waals surface area contributed by atoms with E-state index in [1.807, 2.05) is 0 Å². The second-order valence-corrected chi connectivity index (χ2v) is 4.50. The summed E-state index contributed by atoms with van der Waals surface area (Å²) in [6.07, 6.45) is -4.83. The maximum absolute atomic E-state index is 12.9. The molecule has 100 valence electrons. The fourth-order valence-electron chi connectivity index (χ4n) is 1.98. The van der Waals surface area contributed by atoms with Gasteiger partial charge in [0, 0.05) is 5.56 Å². The Kier molecular flexibility index (Phi) is 3.58. The van der Waals surface area contributed by atoms with Gasteiger partial charge >= 0.3 is 6.18 Å². The fraction of sp³-hybridized carbons (Fsp3) is 0.500. The van der Waals surface area contributed by atoms with Crippen molar-refractivity contribution >= 4 is 11.6 Å². The second kappa shape index (κ2) is 4.72. The molecule has 18 heavy (non-hydrogen) atoms. The first-order valence-electron chi connectivity index (χ1n) is 5.41. The second-order valence-electron chi connectivity index (χ2n) is 4.19. The zero-order valence-electron chi connectivity index (χ0n) is 9.63. The molecule has 1 aromatic rings. The molecule has 1 fully saturated rings. The number of alkyl halides is 4. The van der Waals surface area contributed by atoms with Crippen LogP contribution in [0.15, 0.2) is 24.3 Å². The largest absolute Gasteiger partial charge is 0.416 e. The monoisotopic (exact) mass is 280 g/mol. The highest BCUT2D eigenvalue weighted by Crippen LogP contribution is 2.41. The smallest absolute Gasteiger partial charge is 0.343 e. The molecule has 0 bridgehead atoms. The lowest BCUT2D eigenvalue weighted by molar-refractivity contribution is -0.173. The van der Waals surface area contributed by atoms with E-state index in [0.717, 1.165) is 6.07 Å². The first-order chi connectivity index (χ1) is 8.37. The third-order valence-corrected chi connectivity index (χ3v) is 3.17. The summed E-state index contributed by atoms with van der Waals surface area (Å²) in [7, 11) is 0. The van der Waals surface area contributed by atoms with Crippen molar-refractivity contribution in [3.8, 4) is 0 Å². The predicted molar refractivity (Wildman–Crippen MR) is 60.3 cm³/mol. The molecule has 2 atom stereocenters. The normalized spacial score (nSPS) is 28.6. The van der Waals surface area contributed by atoms with Gasteiger partial charge in [-0.2, -0.15) is 13.2 Å². The maximum Gasteiger partial charge on any atom is 0.416 e. The number of hydrogen-bond donors (Lipinski definition) is 0. The van der Waals surface area contributed by atoms with Gasteiger partial charge in [0.05, 0.1) is 24.2 Å². The van der Waals surface area contributed by atoms with Crippen LogP contribution in [0.25, 0.3) is 0 Å². The number of hydrogen-bond acceptors (Lipinski definition) is 2. The third-order valence-electron chi connectivity index (χ3n) is 2.83. The zero-order chi connectivity index (χ0) is 13.4. The summed E-state index contributed by atoms with van der Waals surface area (Å²) in [6, 6.07) is 5.24. The van der Waals surface area contributed by atoms with E-state index in [0.29, 0.717) is 0 Å². The molecule has 2 rings (SSSR count). The molecular formula is C12H12ClF3O2. The molecule has 0 aliphatic carbocycles. The van der Waals surface area contributed by atoms with E-state index in [1.165, 1.54) is 25.1 Å². The predicted octanol–water partition coefficient (Wildman–Crippen LogP) is 3.53. The van der Waals surface area contributed by atoms with Crippen LogP contribution in [0, 0.1) is 0 Å². The highest BCUT2D eigenvalue weighted by Gasteiger charge is 2.44. The standard InChI is InChI=1S/C12H12ClF3O2/c1-11(17-7-8(6-13)18-11)9-4-2-3-5-10(9)12(14,15)16/h2-5,8H,6-7H2,1H3. The molecule has 1 aliphatic heterocycles. The molecule has 0 spiro atoms. The van der Waals surface area contributed by atoms with E-state index in [-0.39, 0.29) is 18.1 Å². The fourth-order valence-corrected chi connectivity index (χ4v) is 2.13. The molecular weight excluding hydrogens is 269 g/mol. The Morgan fingerprint density at radius 2 is 2.06 bits per heavy atom. The molecule has 1 aliphatic rings. The van der Waals surface area contributed by atoms with E-state index in [1.54, 1.807) is 0 Å². The lowest BCUT2D eigenvalue weighted by Gasteiger charge is -2.26. The van der Waals surface area contributed by atoms with Crippen LogP contribution < -0.4 is 0 Å². The molecule has 0 N–H and O–H groups in total. The molecule has 0 amide bonds. The van der Waals surface area contributed by atoms with Crippen molar-refractivity contribution in [1.82, 2.24) is 0 Å². The van der Waals surface area contributed by atoms with Gasteiger partial charge in [0.15, 0.2) is 5.79 Å². The molecule has 0 saturated carbocycles. The average Bonchev–Trinajstić information content (AvgIpc) is 2.71. The number of rotatable bonds is 2. The van der Waals surface area contributed by atoms with Crippen LogP contribution in [0.5, 0.6) is 0 Å². The molecule has 0 aromatic heterocycles. The third kappa shape index (κ3) is 2.48. The van der Waals surface area contributed by atoms with Crippen molar-refractivity contribution in [2.75, 3.05) is 12.5 Å². The minimum absolute atomic E-state index is 0.0230. The summed E-state index contributed by atoms with van der Waals surface area (Å²) in [5, 5.41) is 0. The van der Waals surface area contributed by atoms with Gasteiger partial charge in [-0.25, -0.2) is 0 Å². The SMILES string of the molecule is CC1(c2ccccc2C(F)(F)F)OCC(CCl)O1. The summed E-state index contributed by atoms with van der Waals surface area (Å²) >= 11 is 5.63. The molecule has 6 heteroatoms. The Bertz CT molecular complexity index is 436. The molecule has 0 radical (unpaired) electrons. The van der Waals surface area contributed by atoms with Gasteiger partial charge in [0.25, 0.3) is 0 Å². The van der Waals surface area contributed by atoms with Crippen LogP contribution in [-0.4, -0.2) is 18.6 Å². The van der Waals surface area contributed by atoms with Crippen LogP contribution >= 0.6 is 11.6 Å². The zero-order valence-corrected chi connectivity index (χ0v) is 10.4. The lowest BCUT2D eigenvalue weighted by atomic mass is 10.00. The molecule has 1 saturated heterocycles. The first-order valence-corrected chi connectivity index (χ1v) is 5.95. The molecule has 1 aromatic carbocycles. The van der Waals surface area contributed by atoms with Gasteiger partial charge < -0.3 is 9.47 Å². The van der Waals surface area contributed by atoms with Crippen molar-refractivity contribution < 1.29 is 22.6 Å². The Hall–Kier alpha value is -0.780. The van der Waals surface area contributed by atoms with Crippen LogP contribution in [0.2, 0.25) is 0 Å². The first kappa shape index (κ1) is 13.6. The van der Waals surface area contributed by atoms with E-state index in [2.05, 4.69) is 0 Å². The highest BCUT2D eigenvalue weighted by atomic mass is 35.5. The van der Waals surface area contributed by atoms with Gasteiger partial charge in [-0.05, 0) is 13.0 Å². The van der Waals surface area contributed by atoms with Gasteiger partial charge in [-0.3, -0.25) is 0 Å². The molecule has 2 nitrogen and oxygen atoms in total. The van der Waals surface area contributed by atoms with Gasteiger partial charge in [0.1, 0.15) is 0 Å². The van der Waals surface area contributed by atoms with Crippen LogP contribution in [-0.2, 0) is 21.4 Å². The van der Waals surface area contributed by atoms with Crippen molar-refractivity contribution in [3.63, 3.8) is 0 Å². The summed E-state index contributed by atoms with van der Waals surface area (Å²) in [5.41, 5.74) is -0.771. The van der Waals surface area contributed by atoms with Crippen molar-refractivity contribution in [3.05, 3.63) is 35.4 Å². The van der Waals surface area contributed by atoms with Crippen LogP contribution in [0.3, 0.4) is 0 Å². The lowest BCUT2D eigenvalue weighted by Crippen LogP contribution is -2.28. The van der Waals surface area contributed by atoms with E-state index in [9.17, 15) is 13.2 Å².